The molecule has 1 aromatic rings. The summed E-state index contributed by atoms with van der Waals surface area (Å²) in [5.41, 5.74) is 0. The molecule has 0 amide bonds. The molecule has 92 valence electrons. The molecule has 0 aromatic heterocycles. The maximum Gasteiger partial charge on any atom is 0.119 e. The van der Waals surface area contributed by atoms with Crippen LogP contribution in [0.15, 0.2) is 30.3 Å². The summed E-state index contributed by atoms with van der Waals surface area (Å²) in [4.78, 5) is 0. The van der Waals surface area contributed by atoms with Gasteiger partial charge >= 0.3 is 0 Å². The predicted octanol–water partition coefficient (Wildman–Crippen LogP) is 3.99. The van der Waals surface area contributed by atoms with Crippen molar-refractivity contribution in [1.29, 1.82) is 0 Å². The number of hydrogen-bond acceptors (Lipinski definition) is 1. The van der Waals surface area contributed by atoms with E-state index in [1.165, 1.54) is 12.8 Å². The standard InChI is InChI=1S/C16H22O/c1-11-12(2)16-9-13(11)8-14(16)10-17-15-6-4-3-5-7-15/h3-7,11-14,16H,8-10H2,1-2H3. The van der Waals surface area contributed by atoms with E-state index in [1.807, 2.05) is 18.2 Å². The lowest BCUT2D eigenvalue weighted by molar-refractivity contribution is 0.132. The Bertz CT molecular complexity index is 370. The Labute approximate surface area is 104 Å². The Kier molecular flexibility index (Phi) is 2.85. The van der Waals surface area contributed by atoms with Gasteiger partial charge in [0.15, 0.2) is 0 Å². The second-order valence-corrected chi connectivity index (χ2v) is 6.00. The van der Waals surface area contributed by atoms with E-state index in [0.29, 0.717) is 0 Å². The zero-order valence-corrected chi connectivity index (χ0v) is 10.8. The highest BCUT2D eigenvalue weighted by atomic mass is 16.5. The number of ether oxygens (including phenoxy) is 1. The first kappa shape index (κ1) is 11.1. The van der Waals surface area contributed by atoms with Gasteiger partial charge in [0, 0.05) is 0 Å². The van der Waals surface area contributed by atoms with Crippen LogP contribution in [0.3, 0.4) is 0 Å². The molecule has 0 N–H and O–H groups in total. The highest BCUT2D eigenvalue weighted by Crippen LogP contribution is 2.54. The molecule has 0 heterocycles. The number of benzene rings is 1. The van der Waals surface area contributed by atoms with Crippen LogP contribution in [0.2, 0.25) is 0 Å². The number of hydrogen-bond donors (Lipinski definition) is 0. The lowest BCUT2D eigenvalue weighted by Gasteiger charge is -2.31. The van der Waals surface area contributed by atoms with Gasteiger partial charge in [-0.2, -0.15) is 0 Å². The lowest BCUT2D eigenvalue weighted by atomic mass is 9.76. The van der Waals surface area contributed by atoms with Crippen molar-refractivity contribution in [3.63, 3.8) is 0 Å². The fraction of sp³-hybridized carbons (Fsp3) is 0.625. The molecule has 0 spiro atoms. The van der Waals surface area contributed by atoms with E-state index in [0.717, 1.165) is 41.9 Å². The second kappa shape index (κ2) is 4.36. The smallest absolute Gasteiger partial charge is 0.119 e. The summed E-state index contributed by atoms with van der Waals surface area (Å²) in [6, 6.07) is 10.2. The van der Waals surface area contributed by atoms with E-state index in [1.54, 1.807) is 0 Å². The second-order valence-electron chi connectivity index (χ2n) is 6.00. The third kappa shape index (κ3) is 1.96. The summed E-state index contributed by atoms with van der Waals surface area (Å²) in [5, 5.41) is 0. The van der Waals surface area contributed by atoms with Crippen LogP contribution < -0.4 is 4.74 Å². The van der Waals surface area contributed by atoms with Crippen LogP contribution in [0, 0.1) is 29.6 Å². The van der Waals surface area contributed by atoms with E-state index in [9.17, 15) is 0 Å². The van der Waals surface area contributed by atoms with E-state index >= 15 is 0 Å². The minimum absolute atomic E-state index is 0.798. The van der Waals surface area contributed by atoms with Gasteiger partial charge in [0.2, 0.25) is 0 Å². The normalized spacial score (nSPS) is 39.5. The van der Waals surface area contributed by atoms with Crippen molar-refractivity contribution in [3.8, 4) is 5.75 Å². The molecule has 2 fully saturated rings. The van der Waals surface area contributed by atoms with Crippen LogP contribution in [0.4, 0.5) is 0 Å². The molecule has 5 atom stereocenters. The molecule has 2 saturated carbocycles. The average Bonchev–Trinajstić information content (AvgIpc) is 2.89. The van der Waals surface area contributed by atoms with Crippen molar-refractivity contribution in [2.45, 2.75) is 26.7 Å². The van der Waals surface area contributed by atoms with Gasteiger partial charge in [-0.1, -0.05) is 32.0 Å². The fourth-order valence-corrected chi connectivity index (χ4v) is 4.01. The van der Waals surface area contributed by atoms with Gasteiger partial charge in [0.25, 0.3) is 0 Å². The highest BCUT2D eigenvalue weighted by molar-refractivity contribution is 5.21. The summed E-state index contributed by atoms with van der Waals surface area (Å²) in [6.45, 7) is 5.79. The summed E-state index contributed by atoms with van der Waals surface area (Å²) >= 11 is 0. The fourth-order valence-electron chi connectivity index (χ4n) is 4.01. The molecular formula is C16H22O. The molecule has 2 aliphatic rings. The number of rotatable bonds is 3. The molecule has 0 radical (unpaired) electrons. The summed E-state index contributed by atoms with van der Waals surface area (Å²) in [6.07, 6.45) is 2.84. The Morgan fingerprint density at radius 2 is 1.82 bits per heavy atom. The Balaban J connectivity index is 1.58. The van der Waals surface area contributed by atoms with Crippen LogP contribution in [-0.2, 0) is 0 Å². The van der Waals surface area contributed by atoms with Crippen molar-refractivity contribution in [3.05, 3.63) is 30.3 Å². The first-order valence-corrected chi connectivity index (χ1v) is 6.93. The summed E-state index contributed by atoms with van der Waals surface area (Å²) in [5.74, 6) is 5.55. The molecule has 1 nitrogen and oxygen atoms in total. The molecule has 2 bridgehead atoms. The van der Waals surface area contributed by atoms with Gasteiger partial charge < -0.3 is 4.74 Å². The van der Waals surface area contributed by atoms with Gasteiger partial charge in [-0.05, 0) is 54.6 Å². The third-order valence-electron chi connectivity index (χ3n) is 5.24. The van der Waals surface area contributed by atoms with Crippen molar-refractivity contribution >= 4 is 0 Å². The van der Waals surface area contributed by atoms with Crippen molar-refractivity contribution < 1.29 is 4.74 Å². The quantitative estimate of drug-likeness (QED) is 0.762. The predicted molar refractivity (Wildman–Crippen MR) is 70.0 cm³/mol. The topological polar surface area (TPSA) is 9.23 Å². The SMILES string of the molecule is CC1C2CC(COc3ccccc3)C(C2)C1C. The van der Waals surface area contributed by atoms with Crippen LogP contribution in [-0.4, -0.2) is 6.61 Å². The molecule has 3 rings (SSSR count). The molecule has 1 aromatic carbocycles. The van der Waals surface area contributed by atoms with E-state index in [2.05, 4.69) is 26.0 Å². The van der Waals surface area contributed by atoms with Gasteiger partial charge in [0.05, 0.1) is 6.61 Å². The number of para-hydroxylation sites is 1. The zero-order chi connectivity index (χ0) is 11.8. The zero-order valence-electron chi connectivity index (χ0n) is 10.8. The van der Waals surface area contributed by atoms with Gasteiger partial charge in [-0.15, -0.1) is 0 Å². The Morgan fingerprint density at radius 3 is 2.47 bits per heavy atom. The minimum atomic E-state index is 0.798. The lowest BCUT2D eigenvalue weighted by Crippen LogP contribution is -2.28. The van der Waals surface area contributed by atoms with E-state index in [4.69, 9.17) is 4.74 Å². The van der Waals surface area contributed by atoms with Gasteiger partial charge in [-0.3, -0.25) is 0 Å². The summed E-state index contributed by atoms with van der Waals surface area (Å²) in [7, 11) is 0. The van der Waals surface area contributed by atoms with Crippen molar-refractivity contribution in [2.75, 3.05) is 6.61 Å². The molecular weight excluding hydrogens is 208 g/mol. The largest absolute Gasteiger partial charge is 0.493 e. The third-order valence-corrected chi connectivity index (χ3v) is 5.24. The molecule has 0 aliphatic heterocycles. The molecule has 1 heteroatoms. The average molecular weight is 230 g/mol. The van der Waals surface area contributed by atoms with Crippen LogP contribution in [0.1, 0.15) is 26.7 Å². The molecule has 17 heavy (non-hydrogen) atoms. The van der Waals surface area contributed by atoms with Crippen LogP contribution >= 0.6 is 0 Å². The Morgan fingerprint density at radius 1 is 1.06 bits per heavy atom. The molecule has 5 unspecified atom stereocenters. The maximum atomic E-state index is 5.93. The Hall–Kier alpha value is -0.980. The van der Waals surface area contributed by atoms with Gasteiger partial charge in [-0.25, -0.2) is 0 Å². The van der Waals surface area contributed by atoms with Crippen LogP contribution in [0.5, 0.6) is 5.75 Å². The van der Waals surface area contributed by atoms with Crippen molar-refractivity contribution in [1.82, 2.24) is 0 Å². The first-order chi connectivity index (χ1) is 8.25. The van der Waals surface area contributed by atoms with E-state index < -0.39 is 0 Å². The van der Waals surface area contributed by atoms with Crippen LogP contribution in [0.25, 0.3) is 0 Å². The maximum absolute atomic E-state index is 5.93. The first-order valence-electron chi connectivity index (χ1n) is 6.93. The van der Waals surface area contributed by atoms with Gasteiger partial charge in [0.1, 0.15) is 5.75 Å². The highest BCUT2D eigenvalue weighted by Gasteiger charge is 2.48. The minimum Gasteiger partial charge on any atom is -0.493 e. The summed E-state index contributed by atoms with van der Waals surface area (Å²) < 4.78 is 5.93. The van der Waals surface area contributed by atoms with E-state index in [-0.39, 0.29) is 0 Å². The molecule has 0 saturated heterocycles. The van der Waals surface area contributed by atoms with Crippen molar-refractivity contribution in [2.24, 2.45) is 29.6 Å². The number of fused-ring (bicyclic) bond motifs is 2. The molecule has 2 aliphatic carbocycles. The monoisotopic (exact) mass is 230 g/mol.